The van der Waals surface area contributed by atoms with Gasteiger partial charge in [0.15, 0.2) is 5.62 Å². The van der Waals surface area contributed by atoms with Crippen molar-refractivity contribution < 1.29 is 4.79 Å². The maximum atomic E-state index is 10.1. The molecule has 11 heavy (non-hydrogen) atoms. The predicted octanol–water partition coefficient (Wildman–Crippen LogP) is 2.19. The van der Waals surface area contributed by atoms with Crippen molar-refractivity contribution in [1.29, 1.82) is 0 Å². The van der Waals surface area contributed by atoms with Crippen LogP contribution in [0.5, 0.6) is 0 Å². The van der Waals surface area contributed by atoms with Gasteiger partial charge in [0.2, 0.25) is 0 Å². The molecular weight excluding hydrogens is 158 g/mol. The van der Waals surface area contributed by atoms with Gasteiger partial charge in [-0.15, -0.1) is 0 Å². The zero-order valence-electron chi connectivity index (χ0n) is 7.76. The highest BCUT2D eigenvalue weighted by atomic mass is 32.2. The smallest absolute Gasteiger partial charge is 0.191 e. The van der Waals surface area contributed by atoms with Crippen molar-refractivity contribution in [2.45, 2.75) is 27.2 Å². The number of carbonyl (C=O) groups excluding carboxylic acids is 1. The Balaban J connectivity index is 3.45. The molecule has 0 atom stereocenters. The summed E-state index contributed by atoms with van der Waals surface area (Å²) in [5, 5.41) is 0. The van der Waals surface area contributed by atoms with E-state index >= 15 is 0 Å². The number of nitrogens with zero attached hydrogens (tertiary/aromatic N) is 1. The number of rotatable bonds is 4. The Bertz CT molecular complexity index is 120. The molecule has 0 aliphatic heterocycles. The zero-order valence-corrected chi connectivity index (χ0v) is 8.57. The molecular formula is C8H17NOS. The molecule has 0 aromatic carbocycles. The fourth-order valence-corrected chi connectivity index (χ4v) is 0.963. The van der Waals surface area contributed by atoms with E-state index < -0.39 is 0 Å². The van der Waals surface area contributed by atoms with Crippen molar-refractivity contribution in [3.63, 3.8) is 0 Å². The Kier molecular flexibility index (Phi) is 4.77. The molecule has 0 unspecified atom stereocenters. The van der Waals surface area contributed by atoms with Crippen LogP contribution in [0.3, 0.4) is 0 Å². The van der Waals surface area contributed by atoms with Crippen LogP contribution in [-0.4, -0.2) is 23.5 Å². The first kappa shape index (κ1) is 11.0. The van der Waals surface area contributed by atoms with E-state index in [0.29, 0.717) is 5.41 Å². The van der Waals surface area contributed by atoms with Crippen molar-refractivity contribution >= 4 is 17.6 Å². The van der Waals surface area contributed by atoms with E-state index in [1.807, 2.05) is 11.4 Å². The highest BCUT2D eigenvalue weighted by Gasteiger charge is 2.10. The summed E-state index contributed by atoms with van der Waals surface area (Å²) in [6.45, 7) is 7.57. The van der Waals surface area contributed by atoms with Gasteiger partial charge in [0.05, 0.1) is 0 Å². The van der Waals surface area contributed by atoms with Crippen molar-refractivity contribution in [2.24, 2.45) is 5.41 Å². The molecule has 0 spiro atoms. The van der Waals surface area contributed by atoms with E-state index in [4.69, 9.17) is 0 Å². The summed E-state index contributed by atoms with van der Waals surface area (Å²) in [7, 11) is 1.94. The molecule has 0 N–H and O–H groups in total. The molecule has 66 valence electrons. The lowest BCUT2D eigenvalue weighted by Crippen LogP contribution is -2.17. The maximum absolute atomic E-state index is 10.1. The quantitative estimate of drug-likeness (QED) is 0.482. The fraction of sp³-hybridized carbons (Fsp3) is 0.875. The first-order chi connectivity index (χ1) is 4.95. The summed E-state index contributed by atoms with van der Waals surface area (Å²) in [5.74, 6) is 0. The lowest BCUT2D eigenvalue weighted by molar-refractivity contribution is 0.342. The van der Waals surface area contributed by atoms with E-state index in [1.165, 1.54) is 11.9 Å². The molecule has 0 aliphatic carbocycles. The first-order valence-electron chi connectivity index (χ1n) is 3.77. The van der Waals surface area contributed by atoms with Crippen LogP contribution in [0.1, 0.15) is 27.2 Å². The second-order valence-electron chi connectivity index (χ2n) is 3.86. The number of hydrogen-bond donors (Lipinski definition) is 0. The summed E-state index contributed by atoms with van der Waals surface area (Å²) in [5.41, 5.74) is 1.22. The van der Waals surface area contributed by atoms with Crippen LogP contribution in [0.4, 0.5) is 0 Å². The molecule has 0 heterocycles. The summed E-state index contributed by atoms with van der Waals surface area (Å²) in [6, 6.07) is 0. The molecule has 3 heteroatoms. The molecule has 0 aliphatic rings. The van der Waals surface area contributed by atoms with Gasteiger partial charge in [-0.25, -0.2) is 4.31 Å². The van der Waals surface area contributed by atoms with Crippen LogP contribution in [0.2, 0.25) is 0 Å². The van der Waals surface area contributed by atoms with E-state index in [1.54, 1.807) is 0 Å². The van der Waals surface area contributed by atoms with Crippen LogP contribution in [0, 0.1) is 5.41 Å². The van der Waals surface area contributed by atoms with Crippen LogP contribution >= 0.6 is 11.9 Å². The Morgan fingerprint density at radius 3 is 2.36 bits per heavy atom. The highest BCUT2D eigenvalue weighted by molar-refractivity contribution is 8.09. The van der Waals surface area contributed by atoms with E-state index in [-0.39, 0.29) is 0 Å². The van der Waals surface area contributed by atoms with Crippen LogP contribution in [0.25, 0.3) is 0 Å². The summed E-state index contributed by atoms with van der Waals surface area (Å²) in [4.78, 5) is 10.1. The van der Waals surface area contributed by atoms with Gasteiger partial charge in [0.25, 0.3) is 0 Å². The normalized spacial score (nSPS) is 12.1. The highest BCUT2D eigenvalue weighted by Crippen LogP contribution is 2.19. The van der Waals surface area contributed by atoms with Gasteiger partial charge in [0, 0.05) is 6.54 Å². The molecule has 0 rings (SSSR count). The number of carbonyl (C=O) groups is 1. The van der Waals surface area contributed by atoms with E-state index in [9.17, 15) is 4.79 Å². The lowest BCUT2D eigenvalue weighted by Gasteiger charge is -2.21. The molecule has 0 saturated heterocycles. The van der Waals surface area contributed by atoms with Gasteiger partial charge in [-0.1, -0.05) is 20.8 Å². The maximum Gasteiger partial charge on any atom is 0.191 e. The third kappa shape index (κ3) is 7.88. The minimum atomic E-state index is 0.359. The third-order valence-corrected chi connectivity index (χ3v) is 2.03. The Morgan fingerprint density at radius 1 is 1.45 bits per heavy atom. The molecule has 0 aromatic heterocycles. The molecule has 0 bridgehead atoms. The average Bonchev–Trinajstić information content (AvgIpc) is 1.83. The van der Waals surface area contributed by atoms with Gasteiger partial charge in [0.1, 0.15) is 0 Å². The largest absolute Gasteiger partial charge is 0.290 e. The molecule has 0 radical (unpaired) electrons. The van der Waals surface area contributed by atoms with E-state index in [0.717, 1.165) is 18.6 Å². The van der Waals surface area contributed by atoms with Crippen LogP contribution in [0.15, 0.2) is 0 Å². The topological polar surface area (TPSA) is 20.3 Å². The summed E-state index contributed by atoms with van der Waals surface area (Å²) >= 11 is 1.22. The van der Waals surface area contributed by atoms with Gasteiger partial charge in [-0.2, -0.15) is 0 Å². The Morgan fingerprint density at radius 2 is 2.00 bits per heavy atom. The molecule has 2 nitrogen and oxygen atoms in total. The lowest BCUT2D eigenvalue weighted by atomic mass is 9.92. The molecule has 0 saturated carbocycles. The molecule has 0 aromatic rings. The van der Waals surface area contributed by atoms with Crippen LogP contribution in [-0.2, 0) is 4.79 Å². The molecule has 0 amide bonds. The molecule has 0 fully saturated rings. The second-order valence-corrected chi connectivity index (χ2v) is 4.89. The van der Waals surface area contributed by atoms with Crippen molar-refractivity contribution in [3.05, 3.63) is 0 Å². The number of hydrogen-bond acceptors (Lipinski definition) is 3. The fourth-order valence-electron chi connectivity index (χ4n) is 0.619. The zero-order chi connectivity index (χ0) is 8.91. The average molecular weight is 175 g/mol. The Hall–Kier alpha value is -0.0200. The minimum absolute atomic E-state index is 0.359. The third-order valence-electron chi connectivity index (χ3n) is 1.40. The van der Waals surface area contributed by atoms with Gasteiger partial charge < -0.3 is 0 Å². The van der Waals surface area contributed by atoms with E-state index in [2.05, 4.69) is 20.8 Å². The predicted molar refractivity (Wildman–Crippen MR) is 51.0 cm³/mol. The van der Waals surface area contributed by atoms with Crippen LogP contribution < -0.4 is 0 Å². The van der Waals surface area contributed by atoms with Crippen molar-refractivity contribution in [3.8, 4) is 0 Å². The second kappa shape index (κ2) is 4.78. The van der Waals surface area contributed by atoms with Crippen molar-refractivity contribution in [1.82, 2.24) is 4.31 Å². The van der Waals surface area contributed by atoms with Gasteiger partial charge in [-0.05, 0) is 30.8 Å². The van der Waals surface area contributed by atoms with Gasteiger partial charge >= 0.3 is 0 Å². The summed E-state index contributed by atoms with van der Waals surface area (Å²) in [6.07, 6.45) is 1.12. The summed E-state index contributed by atoms with van der Waals surface area (Å²) < 4.78 is 1.96. The standard InChI is InChI=1S/C8H17NOS/c1-8(2,3)5-6-9(4)11-7-10/h7H,5-6H2,1-4H3. The minimum Gasteiger partial charge on any atom is -0.290 e. The van der Waals surface area contributed by atoms with Gasteiger partial charge in [-0.3, -0.25) is 4.79 Å². The first-order valence-corrected chi connectivity index (χ1v) is 4.61. The SMILES string of the molecule is CN(CCC(C)(C)C)SC=O. The Labute approximate surface area is 73.5 Å². The van der Waals surface area contributed by atoms with Crippen molar-refractivity contribution in [2.75, 3.05) is 13.6 Å². The monoisotopic (exact) mass is 175 g/mol.